The molecule has 6 heteroatoms. The van der Waals surface area contributed by atoms with Crippen LogP contribution in [0.25, 0.3) is 11.1 Å². The molecule has 1 aliphatic rings. The second kappa shape index (κ2) is 7.54. The Morgan fingerprint density at radius 1 is 1.04 bits per heavy atom. The van der Waals surface area contributed by atoms with Gasteiger partial charge in [-0.25, -0.2) is 9.78 Å². The van der Waals surface area contributed by atoms with Gasteiger partial charge in [-0.1, -0.05) is 23.7 Å². The second-order valence-electron chi connectivity index (χ2n) is 7.36. The van der Waals surface area contributed by atoms with Crippen LogP contribution in [0.3, 0.4) is 0 Å². The van der Waals surface area contributed by atoms with Crippen molar-refractivity contribution in [1.29, 1.82) is 0 Å². The van der Waals surface area contributed by atoms with Gasteiger partial charge in [0.1, 0.15) is 11.4 Å². The Morgan fingerprint density at radius 3 is 2.31 bits per heavy atom. The van der Waals surface area contributed by atoms with Gasteiger partial charge < -0.3 is 14.5 Å². The summed E-state index contributed by atoms with van der Waals surface area (Å²) in [4.78, 5) is 20.6. The van der Waals surface area contributed by atoms with E-state index in [-0.39, 0.29) is 6.09 Å². The van der Waals surface area contributed by atoms with Crippen LogP contribution in [-0.4, -0.2) is 47.8 Å². The van der Waals surface area contributed by atoms with E-state index >= 15 is 0 Å². The largest absolute Gasteiger partial charge is 0.444 e. The number of pyridine rings is 1. The van der Waals surface area contributed by atoms with Gasteiger partial charge in [0, 0.05) is 37.4 Å². The van der Waals surface area contributed by atoms with Crippen LogP contribution in [0.15, 0.2) is 42.6 Å². The molecule has 0 N–H and O–H groups in total. The average molecular weight is 374 g/mol. The van der Waals surface area contributed by atoms with Crippen LogP contribution in [-0.2, 0) is 4.74 Å². The van der Waals surface area contributed by atoms with Gasteiger partial charge in [0.15, 0.2) is 0 Å². The topological polar surface area (TPSA) is 45.7 Å². The van der Waals surface area contributed by atoms with Crippen molar-refractivity contribution < 1.29 is 9.53 Å². The van der Waals surface area contributed by atoms with E-state index in [1.165, 1.54) is 0 Å². The highest BCUT2D eigenvalue weighted by atomic mass is 35.5. The zero-order valence-corrected chi connectivity index (χ0v) is 16.2. The Bertz CT molecular complexity index is 763. The van der Waals surface area contributed by atoms with E-state index in [0.717, 1.165) is 35.1 Å². The molecule has 2 heterocycles. The Morgan fingerprint density at radius 2 is 1.69 bits per heavy atom. The summed E-state index contributed by atoms with van der Waals surface area (Å²) in [6.45, 7) is 8.37. The predicted octanol–water partition coefficient (Wildman–Crippen LogP) is 4.46. The molecule has 2 aromatic rings. The number of piperazine rings is 1. The first-order valence-electron chi connectivity index (χ1n) is 8.77. The number of amides is 1. The monoisotopic (exact) mass is 373 g/mol. The number of nitrogens with zero attached hydrogens (tertiary/aromatic N) is 3. The van der Waals surface area contributed by atoms with Gasteiger partial charge in [0.05, 0.1) is 0 Å². The van der Waals surface area contributed by atoms with Gasteiger partial charge in [-0.2, -0.15) is 0 Å². The molecule has 1 saturated heterocycles. The summed E-state index contributed by atoms with van der Waals surface area (Å²) in [6, 6.07) is 11.8. The molecule has 1 fully saturated rings. The number of ether oxygens (including phenoxy) is 1. The Kier molecular flexibility index (Phi) is 5.37. The van der Waals surface area contributed by atoms with Crippen molar-refractivity contribution >= 4 is 23.5 Å². The number of aromatic nitrogens is 1. The molecule has 0 saturated carbocycles. The van der Waals surface area contributed by atoms with Gasteiger partial charge >= 0.3 is 6.09 Å². The lowest BCUT2D eigenvalue weighted by Gasteiger charge is -2.36. The van der Waals surface area contributed by atoms with Gasteiger partial charge in [-0.05, 0) is 56.2 Å². The van der Waals surface area contributed by atoms with Crippen molar-refractivity contribution in [3.63, 3.8) is 0 Å². The smallest absolute Gasteiger partial charge is 0.410 e. The highest BCUT2D eigenvalue weighted by molar-refractivity contribution is 6.30. The van der Waals surface area contributed by atoms with Crippen LogP contribution in [0.1, 0.15) is 20.8 Å². The molecule has 1 amide bonds. The fraction of sp³-hybridized carbons (Fsp3) is 0.400. The predicted molar refractivity (Wildman–Crippen MR) is 105 cm³/mol. The molecular formula is C20H24ClN3O2. The third kappa shape index (κ3) is 4.67. The van der Waals surface area contributed by atoms with E-state index in [1.54, 1.807) is 4.90 Å². The molecule has 0 radical (unpaired) electrons. The van der Waals surface area contributed by atoms with E-state index in [4.69, 9.17) is 16.3 Å². The third-order valence-electron chi connectivity index (χ3n) is 4.18. The first-order chi connectivity index (χ1) is 12.3. The van der Waals surface area contributed by atoms with Gasteiger partial charge in [-0.15, -0.1) is 0 Å². The van der Waals surface area contributed by atoms with Gasteiger partial charge in [-0.3, -0.25) is 0 Å². The number of halogens is 1. The molecule has 1 aromatic carbocycles. The maximum absolute atomic E-state index is 12.2. The number of benzene rings is 1. The Labute approximate surface area is 159 Å². The maximum Gasteiger partial charge on any atom is 0.410 e. The summed E-state index contributed by atoms with van der Waals surface area (Å²) in [6.07, 6.45) is 1.57. The number of hydrogen-bond acceptors (Lipinski definition) is 4. The summed E-state index contributed by atoms with van der Waals surface area (Å²) in [5.74, 6) is 0.918. The molecule has 26 heavy (non-hydrogen) atoms. The van der Waals surface area contributed by atoms with E-state index in [1.807, 2.05) is 57.3 Å². The maximum atomic E-state index is 12.2. The molecule has 0 atom stereocenters. The molecule has 1 aliphatic heterocycles. The molecule has 5 nitrogen and oxygen atoms in total. The van der Waals surface area contributed by atoms with Crippen molar-refractivity contribution in [2.45, 2.75) is 26.4 Å². The minimum Gasteiger partial charge on any atom is -0.444 e. The summed E-state index contributed by atoms with van der Waals surface area (Å²) in [5.41, 5.74) is 1.73. The zero-order valence-electron chi connectivity index (χ0n) is 15.4. The Hall–Kier alpha value is -2.27. The van der Waals surface area contributed by atoms with Crippen molar-refractivity contribution in [3.8, 4) is 11.1 Å². The molecule has 0 unspecified atom stereocenters. The minimum atomic E-state index is -0.470. The number of rotatable bonds is 2. The van der Waals surface area contributed by atoms with Crippen molar-refractivity contribution in [2.75, 3.05) is 31.1 Å². The van der Waals surface area contributed by atoms with Crippen molar-refractivity contribution in [1.82, 2.24) is 9.88 Å². The molecule has 0 aliphatic carbocycles. The number of anilines is 1. The Balaban J connectivity index is 1.65. The third-order valence-corrected chi connectivity index (χ3v) is 4.43. The number of carbonyl (C=O) groups is 1. The second-order valence-corrected chi connectivity index (χ2v) is 7.80. The van der Waals surface area contributed by atoms with Gasteiger partial charge in [0.2, 0.25) is 0 Å². The zero-order chi connectivity index (χ0) is 18.7. The van der Waals surface area contributed by atoms with E-state index in [2.05, 4.69) is 16.0 Å². The van der Waals surface area contributed by atoms with Gasteiger partial charge in [0.25, 0.3) is 0 Å². The molecular weight excluding hydrogens is 350 g/mol. The quantitative estimate of drug-likeness (QED) is 0.779. The standard InChI is InChI=1S/C20H24ClN3O2/c1-20(2,3)26-19(25)24-12-10-23(11-13-24)18-14-16(8-9-22-18)15-4-6-17(21)7-5-15/h4-9,14H,10-13H2,1-3H3. The summed E-state index contributed by atoms with van der Waals surface area (Å²) < 4.78 is 5.45. The molecule has 1 aromatic heterocycles. The number of carbonyl (C=O) groups excluding carboxylic acids is 1. The van der Waals surface area contributed by atoms with Crippen molar-refractivity contribution in [3.05, 3.63) is 47.6 Å². The highest BCUT2D eigenvalue weighted by Gasteiger charge is 2.26. The lowest BCUT2D eigenvalue weighted by Crippen LogP contribution is -2.50. The van der Waals surface area contributed by atoms with E-state index < -0.39 is 5.60 Å². The number of hydrogen-bond donors (Lipinski definition) is 0. The summed E-state index contributed by atoms with van der Waals surface area (Å²) >= 11 is 5.97. The summed E-state index contributed by atoms with van der Waals surface area (Å²) in [5, 5.41) is 0.723. The lowest BCUT2D eigenvalue weighted by molar-refractivity contribution is 0.0240. The van der Waals surface area contributed by atoms with Crippen LogP contribution in [0, 0.1) is 0 Å². The average Bonchev–Trinajstić information content (AvgIpc) is 2.61. The SMILES string of the molecule is CC(C)(C)OC(=O)N1CCN(c2cc(-c3ccc(Cl)cc3)ccn2)CC1. The molecule has 138 valence electrons. The fourth-order valence-electron chi connectivity index (χ4n) is 2.86. The van der Waals surface area contributed by atoms with Crippen molar-refractivity contribution in [2.24, 2.45) is 0 Å². The molecule has 0 spiro atoms. The fourth-order valence-corrected chi connectivity index (χ4v) is 2.98. The van der Waals surface area contributed by atoms with E-state index in [9.17, 15) is 4.79 Å². The van der Waals surface area contributed by atoms with Crippen LogP contribution in [0.4, 0.5) is 10.6 Å². The minimum absolute atomic E-state index is 0.250. The highest BCUT2D eigenvalue weighted by Crippen LogP contribution is 2.25. The van der Waals surface area contributed by atoms with E-state index in [0.29, 0.717) is 13.1 Å². The first-order valence-corrected chi connectivity index (χ1v) is 9.14. The summed E-state index contributed by atoms with van der Waals surface area (Å²) in [7, 11) is 0. The lowest BCUT2D eigenvalue weighted by atomic mass is 10.1. The van der Waals surface area contributed by atoms with Crippen LogP contribution < -0.4 is 4.90 Å². The van der Waals surface area contributed by atoms with Crippen LogP contribution >= 0.6 is 11.6 Å². The molecule has 3 rings (SSSR count). The van der Waals surface area contributed by atoms with Crippen LogP contribution in [0.5, 0.6) is 0 Å². The first kappa shape index (κ1) is 18.5. The van der Waals surface area contributed by atoms with Crippen LogP contribution in [0.2, 0.25) is 5.02 Å². The molecule has 0 bridgehead atoms. The normalized spacial score (nSPS) is 15.1.